The highest BCUT2D eigenvalue weighted by molar-refractivity contribution is 5.73. The highest BCUT2D eigenvalue weighted by Crippen LogP contribution is 2.33. The van der Waals surface area contributed by atoms with Gasteiger partial charge in [0.25, 0.3) is 11.9 Å². The fourth-order valence-electron chi connectivity index (χ4n) is 2.31. The Morgan fingerprint density at radius 1 is 1.19 bits per heavy atom. The van der Waals surface area contributed by atoms with Crippen LogP contribution in [0.1, 0.15) is 26.2 Å². The molecule has 0 saturated heterocycles. The lowest BCUT2D eigenvalue weighted by molar-refractivity contribution is -0.150. The maximum atomic E-state index is 13.5. The van der Waals surface area contributed by atoms with Gasteiger partial charge in [-0.05, 0) is 26.2 Å². The van der Waals surface area contributed by atoms with Crippen LogP contribution < -0.4 is 4.74 Å². The molecule has 0 radical (unpaired) electrons. The molecule has 0 amide bonds. The first-order valence-corrected chi connectivity index (χ1v) is 6.49. The maximum Gasteiger partial charge on any atom is 0.312 e. The predicted molar refractivity (Wildman–Crippen MR) is 62.5 cm³/mol. The van der Waals surface area contributed by atoms with Crippen LogP contribution in [0, 0.1) is 29.4 Å². The van der Waals surface area contributed by atoms with Crippen LogP contribution in [0.25, 0.3) is 0 Å². The molecular weight excluding hydrogens is 294 g/mol. The van der Waals surface area contributed by atoms with E-state index in [1.165, 1.54) is 0 Å². The molecule has 2 unspecified atom stereocenters. The van der Waals surface area contributed by atoms with E-state index in [-0.39, 0.29) is 6.61 Å². The summed E-state index contributed by atoms with van der Waals surface area (Å²) in [6.07, 6.45) is 0.429. The van der Waals surface area contributed by atoms with Gasteiger partial charge in [0.1, 0.15) is 6.10 Å². The molecule has 0 bridgehead atoms. The highest BCUT2D eigenvalue weighted by atomic mass is 19.2. The summed E-state index contributed by atoms with van der Waals surface area (Å²) in [7, 11) is 0. The minimum atomic E-state index is -1.80. The van der Waals surface area contributed by atoms with Crippen molar-refractivity contribution >= 4 is 5.97 Å². The fourth-order valence-corrected chi connectivity index (χ4v) is 2.31. The number of esters is 1. The van der Waals surface area contributed by atoms with Gasteiger partial charge in [0, 0.05) is 0 Å². The molecule has 1 aliphatic carbocycles. The van der Waals surface area contributed by atoms with Crippen LogP contribution in [0.3, 0.4) is 0 Å². The molecule has 1 aliphatic rings. The van der Waals surface area contributed by atoms with Crippen molar-refractivity contribution in [3.05, 3.63) is 23.5 Å². The number of pyridine rings is 1. The van der Waals surface area contributed by atoms with Crippen LogP contribution in [-0.2, 0) is 9.53 Å². The van der Waals surface area contributed by atoms with Gasteiger partial charge in [-0.2, -0.15) is 22.5 Å². The lowest BCUT2D eigenvalue weighted by atomic mass is 10.1. The summed E-state index contributed by atoms with van der Waals surface area (Å²) in [6.45, 7) is 1.78. The van der Waals surface area contributed by atoms with E-state index in [2.05, 4.69) is 4.98 Å². The van der Waals surface area contributed by atoms with E-state index in [0.29, 0.717) is 19.3 Å². The molecular formula is C13H13F4NO3. The third kappa shape index (κ3) is 3.08. The number of nitrogens with zero attached hydrogens (tertiary/aromatic N) is 1. The smallest absolute Gasteiger partial charge is 0.312 e. The maximum absolute atomic E-state index is 13.5. The second-order valence-corrected chi connectivity index (χ2v) is 4.60. The Hall–Kier alpha value is -1.86. The van der Waals surface area contributed by atoms with Crippen molar-refractivity contribution < 1.29 is 31.8 Å². The lowest BCUT2D eigenvalue weighted by Crippen LogP contribution is -2.30. The molecule has 0 aromatic carbocycles. The van der Waals surface area contributed by atoms with Gasteiger partial charge in [-0.25, -0.2) is 0 Å². The monoisotopic (exact) mass is 307 g/mol. The lowest BCUT2D eigenvalue weighted by Gasteiger charge is -2.20. The molecule has 2 rings (SSSR count). The number of rotatable bonds is 4. The molecule has 2 atom stereocenters. The number of hydrogen-bond acceptors (Lipinski definition) is 4. The third-order valence-corrected chi connectivity index (χ3v) is 3.27. The predicted octanol–water partition coefficient (Wildman–Crippen LogP) is 2.75. The minimum Gasteiger partial charge on any atom is -0.483 e. The zero-order chi connectivity index (χ0) is 15.6. The van der Waals surface area contributed by atoms with Crippen LogP contribution in [0.15, 0.2) is 0 Å². The number of hydrogen-bond donors (Lipinski definition) is 0. The molecule has 1 fully saturated rings. The third-order valence-electron chi connectivity index (χ3n) is 3.27. The van der Waals surface area contributed by atoms with Crippen LogP contribution >= 0.6 is 0 Å². The number of halogens is 4. The van der Waals surface area contributed by atoms with E-state index in [9.17, 15) is 22.4 Å². The first-order valence-electron chi connectivity index (χ1n) is 6.49. The second kappa shape index (κ2) is 6.28. The van der Waals surface area contributed by atoms with Crippen molar-refractivity contribution in [2.45, 2.75) is 32.3 Å². The van der Waals surface area contributed by atoms with Crippen molar-refractivity contribution in [2.24, 2.45) is 5.92 Å². The van der Waals surface area contributed by atoms with Gasteiger partial charge in [-0.1, -0.05) is 0 Å². The molecule has 1 saturated carbocycles. The zero-order valence-corrected chi connectivity index (χ0v) is 11.2. The van der Waals surface area contributed by atoms with Gasteiger partial charge in [0.05, 0.1) is 12.5 Å². The summed E-state index contributed by atoms with van der Waals surface area (Å²) >= 11 is 0. The van der Waals surface area contributed by atoms with Gasteiger partial charge < -0.3 is 9.47 Å². The summed E-state index contributed by atoms with van der Waals surface area (Å²) in [6, 6.07) is 0. The minimum absolute atomic E-state index is 0.156. The Morgan fingerprint density at radius 3 is 2.38 bits per heavy atom. The van der Waals surface area contributed by atoms with Crippen molar-refractivity contribution in [1.82, 2.24) is 4.98 Å². The number of ether oxygens (including phenoxy) is 2. The molecule has 8 heteroatoms. The van der Waals surface area contributed by atoms with Gasteiger partial charge in [-0.3, -0.25) is 4.79 Å². The SMILES string of the molecule is CCOC(=O)C1CCCC1Oc1c(F)c(F)nc(F)c1F. The van der Waals surface area contributed by atoms with E-state index < -0.39 is 47.3 Å². The van der Waals surface area contributed by atoms with Crippen molar-refractivity contribution in [3.63, 3.8) is 0 Å². The van der Waals surface area contributed by atoms with Crippen molar-refractivity contribution in [3.8, 4) is 5.75 Å². The fraction of sp³-hybridized carbons (Fsp3) is 0.538. The zero-order valence-electron chi connectivity index (χ0n) is 11.2. The summed E-state index contributed by atoms with van der Waals surface area (Å²) in [5.74, 6) is -9.50. The number of aromatic nitrogens is 1. The number of carbonyl (C=O) groups excluding carboxylic acids is 1. The summed E-state index contributed by atoms with van der Waals surface area (Å²) in [4.78, 5) is 14.1. The number of carbonyl (C=O) groups is 1. The molecule has 1 heterocycles. The van der Waals surface area contributed by atoms with E-state index in [1.807, 2.05) is 0 Å². The Bertz CT molecular complexity index is 526. The average molecular weight is 307 g/mol. The van der Waals surface area contributed by atoms with E-state index in [1.54, 1.807) is 6.92 Å². The molecule has 0 spiro atoms. The first kappa shape index (κ1) is 15.5. The first-order chi connectivity index (χ1) is 9.95. The van der Waals surface area contributed by atoms with Crippen molar-refractivity contribution in [1.29, 1.82) is 0 Å². The summed E-state index contributed by atoms with van der Waals surface area (Å²) in [5.41, 5.74) is 0. The summed E-state index contributed by atoms with van der Waals surface area (Å²) in [5, 5.41) is 0. The Balaban J connectivity index is 2.23. The van der Waals surface area contributed by atoms with E-state index >= 15 is 0 Å². The molecule has 1 aromatic rings. The van der Waals surface area contributed by atoms with Crippen LogP contribution in [-0.4, -0.2) is 23.7 Å². The molecule has 21 heavy (non-hydrogen) atoms. The van der Waals surface area contributed by atoms with Gasteiger partial charge in [0.2, 0.25) is 17.4 Å². The normalized spacial score (nSPS) is 21.4. The van der Waals surface area contributed by atoms with Crippen LogP contribution in [0.4, 0.5) is 17.6 Å². The second-order valence-electron chi connectivity index (χ2n) is 4.60. The standard InChI is InChI=1S/C13H13F4NO3/c1-2-20-13(19)6-4-3-5-7(6)21-10-8(14)11(16)18-12(17)9(10)15/h6-7H,2-5H2,1H3. The quantitative estimate of drug-likeness (QED) is 0.487. The van der Waals surface area contributed by atoms with Gasteiger partial charge in [-0.15, -0.1) is 0 Å². The Morgan fingerprint density at radius 2 is 1.81 bits per heavy atom. The van der Waals surface area contributed by atoms with Crippen molar-refractivity contribution in [2.75, 3.05) is 6.61 Å². The Labute approximate surface area is 118 Å². The Kier molecular flexibility index (Phi) is 4.64. The van der Waals surface area contributed by atoms with Crippen LogP contribution in [0.2, 0.25) is 0 Å². The van der Waals surface area contributed by atoms with Crippen LogP contribution in [0.5, 0.6) is 5.75 Å². The highest BCUT2D eigenvalue weighted by Gasteiger charge is 2.37. The molecule has 4 nitrogen and oxygen atoms in total. The molecule has 0 N–H and O–H groups in total. The molecule has 1 aromatic heterocycles. The topological polar surface area (TPSA) is 48.4 Å². The molecule has 116 valence electrons. The largest absolute Gasteiger partial charge is 0.483 e. The average Bonchev–Trinajstić information content (AvgIpc) is 2.90. The van der Waals surface area contributed by atoms with E-state index in [0.717, 1.165) is 0 Å². The molecule has 0 aliphatic heterocycles. The van der Waals surface area contributed by atoms with Gasteiger partial charge >= 0.3 is 5.97 Å². The van der Waals surface area contributed by atoms with Gasteiger partial charge in [0.15, 0.2) is 0 Å². The summed E-state index contributed by atoms with van der Waals surface area (Å²) < 4.78 is 62.8. The van der Waals surface area contributed by atoms with E-state index in [4.69, 9.17) is 9.47 Å².